The normalized spacial score (nSPS) is 13.7. The van der Waals surface area contributed by atoms with Gasteiger partial charge in [-0.15, -0.1) is 0 Å². The highest BCUT2D eigenvalue weighted by molar-refractivity contribution is 5.75. The lowest BCUT2D eigenvalue weighted by molar-refractivity contribution is -0.156. The summed E-state index contributed by atoms with van der Waals surface area (Å²) >= 11 is 0. The number of aliphatic hydroxyl groups excluding tert-OH is 3. The summed E-state index contributed by atoms with van der Waals surface area (Å²) in [7, 11) is 2.97. The first kappa shape index (κ1) is 15.4. The van der Waals surface area contributed by atoms with Gasteiger partial charge in [0.15, 0.2) is 6.10 Å². The van der Waals surface area contributed by atoms with Gasteiger partial charge in [-0.05, 0) is 17.7 Å². The zero-order chi connectivity index (χ0) is 14.4. The van der Waals surface area contributed by atoms with Crippen LogP contribution in [0.4, 0.5) is 5.69 Å². The fraction of sp³-hybridized carbons (Fsp3) is 0.462. The largest absolute Gasteiger partial charge is 0.467 e. The molecule has 0 saturated carbocycles. The molecule has 3 N–H and O–H groups in total. The summed E-state index contributed by atoms with van der Waals surface area (Å²) in [6.07, 6.45) is -2.93. The molecule has 0 spiro atoms. The number of nitrogens with zero attached hydrogens (tertiary/aromatic N) is 1. The quantitative estimate of drug-likeness (QED) is 0.613. The van der Waals surface area contributed by atoms with Gasteiger partial charge in [0, 0.05) is 19.3 Å². The van der Waals surface area contributed by atoms with Gasteiger partial charge in [-0.2, -0.15) is 0 Å². The number of methoxy groups -OCH3 is 1. The first-order valence-corrected chi connectivity index (χ1v) is 5.87. The molecule has 0 aromatic heterocycles. The molecule has 0 heterocycles. The molecule has 0 saturated heterocycles. The van der Waals surface area contributed by atoms with E-state index in [-0.39, 0.29) is 6.61 Å². The summed E-state index contributed by atoms with van der Waals surface area (Å²) in [4.78, 5) is 13.0. The van der Waals surface area contributed by atoms with Gasteiger partial charge in [0.2, 0.25) is 0 Å². The molecule has 6 heteroatoms. The van der Waals surface area contributed by atoms with Crippen molar-refractivity contribution >= 4 is 11.7 Å². The molecular weight excluding hydrogens is 250 g/mol. The Bertz CT molecular complexity index is 406. The minimum Gasteiger partial charge on any atom is -0.467 e. The zero-order valence-electron chi connectivity index (χ0n) is 11.0. The molecule has 0 radical (unpaired) electrons. The van der Waals surface area contributed by atoms with E-state index >= 15 is 0 Å². The Labute approximate surface area is 111 Å². The highest BCUT2D eigenvalue weighted by Crippen LogP contribution is 2.21. The van der Waals surface area contributed by atoms with Crippen molar-refractivity contribution in [2.75, 3.05) is 32.2 Å². The molecule has 1 aromatic rings. The van der Waals surface area contributed by atoms with E-state index in [9.17, 15) is 15.0 Å². The number of hydrogen-bond acceptors (Lipinski definition) is 6. The van der Waals surface area contributed by atoms with Gasteiger partial charge in [0.1, 0.15) is 6.10 Å². The topological polar surface area (TPSA) is 90.2 Å². The van der Waals surface area contributed by atoms with Crippen LogP contribution in [-0.2, 0) is 9.53 Å². The SMILES string of the molecule is COC(=O)C(O)C(O)c1ccc(N(C)CCO)cc1. The van der Waals surface area contributed by atoms with E-state index in [4.69, 9.17) is 5.11 Å². The molecule has 0 aliphatic carbocycles. The number of likely N-dealkylation sites (N-methyl/N-ethyl adjacent to an activating group) is 1. The molecule has 2 unspecified atom stereocenters. The molecule has 0 aliphatic heterocycles. The van der Waals surface area contributed by atoms with E-state index in [0.29, 0.717) is 12.1 Å². The lowest BCUT2D eigenvalue weighted by atomic mass is 10.0. The smallest absolute Gasteiger partial charge is 0.337 e. The van der Waals surface area contributed by atoms with E-state index in [1.807, 2.05) is 11.9 Å². The molecule has 106 valence electrons. The van der Waals surface area contributed by atoms with Gasteiger partial charge >= 0.3 is 5.97 Å². The third-order valence-electron chi connectivity index (χ3n) is 2.85. The van der Waals surface area contributed by atoms with Crippen molar-refractivity contribution in [3.8, 4) is 0 Å². The van der Waals surface area contributed by atoms with Crippen molar-refractivity contribution in [1.29, 1.82) is 0 Å². The number of ether oxygens (including phenoxy) is 1. The van der Waals surface area contributed by atoms with Crippen molar-refractivity contribution < 1.29 is 24.9 Å². The average Bonchev–Trinajstić information content (AvgIpc) is 2.45. The number of carbonyl (C=O) groups is 1. The minimum absolute atomic E-state index is 0.0436. The molecule has 6 nitrogen and oxygen atoms in total. The highest BCUT2D eigenvalue weighted by atomic mass is 16.5. The van der Waals surface area contributed by atoms with Gasteiger partial charge in [-0.3, -0.25) is 0 Å². The van der Waals surface area contributed by atoms with Crippen LogP contribution in [0.5, 0.6) is 0 Å². The number of benzene rings is 1. The van der Waals surface area contributed by atoms with Crippen LogP contribution in [0.1, 0.15) is 11.7 Å². The monoisotopic (exact) mass is 269 g/mol. The Hall–Kier alpha value is -1.63. The van der Waals surface area contributed by atoms with Crippen molar-refractivity contribution in [2.24, 2.45) is 0 Å². The maximum absolute atomic E-state index is 11.1. The summed E-state index contributed by atoms with van der Waals surface area (Å²) in [6, 6.07) is 6.69. The molecule has 2 atom stereocenters. The van der Waals surface area contributed by atoms with Crippen LogP contribution in [0.2, 0.25) is 0 Å². The molecule has 0 fully saturated rings. The van der Waals surface area contributed by atoms with Gasteiger partial charge in [0.05, 0.1) is 13.7 Å². The average molecular weight is 269 g/mol. The lowest BCUT2D eigenvalue weighted by Crippen LogP contribution is -2.29. The van der Waals surface area contributed by atoms with Crippen LogP contribution < -0.4 is 4.90 Å². The summed E-state index contributed by atoms with van der Waals surface area (Å²) in [5.41, 5.74) is 1.27. The van der Waals surface area contributed by atoms with Crippen LogP contribution in [0.3, 0.4) is 0 Å². The number of anilines is 1. The zero-order valence-corrected chi connectivity index (χ0v) is 11.0. The van der Waals surface area contributed by atoms with Crippen molar-refractivity contribution in [1.82, 2.24) is 0 Å². The van der Waals surface area contributed by atoms with Crippen LogP contribution in [-0.4, -0.2) is 54.7 Å². The van der Waals surface area contributed by atoms with E-state index in [2.05, 4.69) is 4.74 Å². The summed E-state index contributed by atoms with van der Waals surface area (Å²) in [5, 5.41) is 28.2. The summed E-state index contributed by atoms with van der Waals surface area (Å²) in [5.74, 6) is -0.881. The molecule has 0 amide bonds. The van der Waals surface area contributed by atoms with Crippen molar-refractivity contribution in [2.45, 2.75) is 12.2 Å². The number of esters is 1. The molecule has 0 aliphatic rings. The first-order valence-electron chi connectivity index (χ1n) is 5.87. The van der Waals surface area contributed by atoms with Crippen LogP contribution in [0.25, 0.3) is 0 Å². The van der Waals surface area contributed by atoms with Crippen LogP contribution in [0, 0.1) is 0 Å². The Morgan fingerprint density at radius 2 is 1.89 bits per heavy atom. The van der Waals surface area contributed by atoms with E-state index in [1.165, 1.54) is 0 Å². The Morgan fingerprint density at radius 3 is 2.37 bits per heavy atom. The second kappa shape index (κ2) is 7.08. The maximum atomic E-state index is 11.1. The van der Waals surface area contributed by atoms with Gasteiger partial charge in [0.25, 0.3) is 0 Å². The Morgan fingerprint density at radius 1 is 1.32 bits per heavy atom. The van der Waals surface area contributed by atoms with E-state index in [0.717, 1.165) is 12.8 Å². The van der Waals surface area contributed by atoms with Crippen molar-refractivity contribution in [3.63, 3.8) is 0 Å². The van der Waals surface area contributed by atoms with Crippen LogP contribution in [0.15, 0.2) is 24.3 Å². The standard InChI is InChI=1S/C13H19NO5/c1-14(7-8-15)10-5-3-9(4-6-10)11(16)12(17)13(18)19-2/h3-6,11-12,15-17H,7-8H2,1-2H3. The molecule has 19 heavy (non-hydrogen) atoms. The number of hydrogen-bond donors (Lipinski definition) is 3. The fourth-order valence-corrected chi connectivity index (χ4v) is 1.64. The van der Waals surface area contributed by atoms with Gasteiger partial charge < -0.3 is 25.0 Å². The summed E-state index contributed by atoms with van der Waals surface area (Å²) in [6.45, 7) is 0.536. The maximum Gasteiger partial charge on any atom is 0.337 e. The predicted molar refractivity (Wildman–Crippen MR) is 69.8 cm³/mol. The van der Waals surface area contributed by atoms with E-state index in [1.54, 1.807) is 24.3 Å². The first-order chi connectivity index (χ1) is 9.01. The third kappa shape index (κ3) is 3.92. The third-order valence-corrected chi connectivity index (χ3v) is 2.85. The molecule has 1 aromatic carbocycles. The Kier molecular flexibility index (Phi) is 5.75. The number of carbonyl (C=O) groups excluding carboxylic acids is 1. The molecule has 0 bridgehead atoms. The highest BCUT2D eigenvalue weighted by Gasteiger charge is 2.26. The number of rotatable bonds is 6. The molecule has 1 rings (SSSR count). The lowest BCUT2D eigenvalue weighted by Gasteiger charge is -2.20. The number of aliphatic hydroxyl groups is 3. The van der Waals surface area contributed by atoms with Crippen LogP contribution >= 0.6 is 0 Å². The predicted octanol–water partition coefficient (Wildman–Crippen LogP) is -0.318. The Balaban J connectivity index is 2.78. The van der Waals surface area contributed by atoms with E-state index < -0.39 is 18.2 Å². The second-order valence-corrected chi connectivity index (χ2v) is 4.15. The fourth-order valence-electron chi connectivity index (χ4n) is 1.64. The van der Waals surface area contributed by atoms with Crippen molar-refractivity contribution in [3.05, 3.63) is 29.8 Å². The second-order valence-electron chi connectivity index (χ2n) is 4.15. The summed E-state index contributed by atoms with van der Waals surface area (Å²) < 4.78 is 4.36. The van der Waals surface area contributed by atoms with Gasteiger partial charge in [-0.25, -0.2) is 4.79 Å². The van der Waals surface area contributed by atoms with Gasteiger partial charge in [-0.1, -0.05) is 12.1 Å². The molecular formula is C13H19NO5. The minimum atomic E-state index is -1.61.